The van der Waals surface area contributed by atoms with Crippen LogP contribution in [0.2, 0.25) is 0 Å². The fourth-order valence-electron chi connectivity index (χ4n) is 3.41. The van der Waals surface area contributed by atoms with Crippen LogP contribution < -0.4 is 11.1 Å². The predicted molar refractivity (Wildman–Crippen MR) is 120 cm³/mol. The Morgan fingerprint density at radius 1 is 1.14 bits per heavy atom. The maximum atomic E-state index is 13.0. The van der Waals surface area contributed by atoms with Gasteiger partial charge >= 0.3 is 0 Å². The van der Waals surface area contributed by atoms with E-state index >= 15 is 0 Å². The summed E-state index contributed by atoms with van der Waals surface area (Å²) in [6.45, 7) is 3.79. The number of nitrogens with two attached hydrogens (primary N) is 1. The molecule has 1 amide bonds. The van der Waals surface area contributed by atoms with Crippen LogP contribution in [-0.2, 0) is 6.42 Å². The molecule has 0 fully saturated rings. The van der Waals surface area contributed by atoms with Gasteiger partial charge in [0.2, 0.25) is 5.78 Å². The van der Waals surface area contributed by atoms with E-state index in [1.807, 2.05) is 55.6 Å². The normalized spacial score (nSPS) is 11.0. The minimum absolute atomic E-state index is 0.101. The molecule has 3 heterocycles. The zero-order valence-electron chi connectivity index (χ0n) is 16.0. The van der Waals surface area contributed by atoms with Crippen molar-refractivity contribution in [3.63, 3.8) is 0 Å². The van der Waals surface area contributed by atoms with Crippen molar-refractivity contribution in [2.45, 2.75) is 20.3 Å². The fourth-order valence-corrected chi connectivity index (χ4v) is 5.27. The number of carbonyl (C=O) groups is 2. The number of nitrogen functional groups attached to an aromatic ring is 1. The Balaban J connectivity index is 1.84. The second-order valence-corrected chi connectivity index (χ2v) is 8.50. The van der Waals surface area contributed by atoms with Gasteiger partial charge in [-0.25, -0.2) is 4.98 Å². The molecule has 29 heavy (non-hydrogen) atoms. The van der Waals surface area contributed by atoms with Crippen molar-refractivity contribution in [1.29, 1.82) is 0 Å². The lowest BCUT2D eigenvalue weighted by Crippen LogP contribution is -2.17. The van der Waals surface area contributed by atoms with Crippen LogP contribution in [0, 0.1) is 6.92 Å². The van der Waals surface area contributed by atoms with Crippen LogP contribution in [0.1, 0.15) is 43.1 Å². The number of aromatic nitrogens is 1. The monoisotopic (exact) mass is 421 g/mol. The van der Waals surface area contributed by atoms with Gasteiger partial charge in [-0.15, -0.1) is 22.7 Å². The van der Waals surface area contributed by atoms with Gasteiger partial charge in [0.05, 0.1) is 21.8 Å². The van der Waals surface area contributed by atoms with E-state index in [1.165, 1.54) is 22.7 Å². The predicted octanol–water partition coefficient (Wildman–Crippen LogP) is 5.29. The molecule has 0 saturated heterocycles. The number of carbonyl (C=O) groups excluding carboxylic acids is 2. The highest BCUT2D eigenvalue weighted by molar-refractivity contribution is 7.22. The Labute approximate surface area is 176 Å². The van der Waals surface area contributed by atoms with Gasteiger partial charge in [-0.3, -0.25) is 9.59 Å². The summed E-state index contributed by atoms with van der Waals surface area (Å²) in [6.07, 6.45) is 0.602. The zero-order valence-corrected chi connectivity index (χ0v) is 17.6. The Kier molecular flexibility index (Phi) is 5.17. The number of ketones is 1. The Morgan fingerprint density at radius 2 is 1.90 bits per heavy atom. The summed E-state index contributed by atoms with van der Waals surface area (Å²) in [5.41, 5.74) is 9.50. The summed E-state index contributed by atoms with van der Waals surface area (Å²) >= 11 is 2.67. The van der Waals surface area contributed by atoms with E-state index in [0.29, 0.717) is 49.0 Å². The van der Waals surface area contributed by atoms with Crippen molar-refractivity contribution >= 4 is 56.0 Å². The molecule has 0 atom stereocenters. The molecular weight excluding hydrogens is 402 g/mol. The Morgan fingerprint density at radius 3 is 2.55 bits per heavy atom. The van der Waals surface area contributed by atoms with Gasteiger partial charge in [0.1, 0.15) is 9.71 Å². The molecule has 146 valence electrons. The van der Waals surface area contributed by atoms with E-state index in [1.54, 1.807) is 6.07 Å². The second kappa shape index (κ2) is 7.77. The molecule has 3 aromatic heterocycles. The number of rotatable bonds is 5. The molecule has 0 radical (unpaired) electrons. The highest BCUT2D eigenvalue weighted by Gasteiger charge is 2.25. The highest BCUT2D eigenvalue weighted by atomic mass is 32.1. The number of pyridine rings is 1. The van der Waals surface area contributed by atoms with Crippen LogP contribution in [0.15, 0.2) is 47.8 Å². The van der Waals surface area contributed by atoms with E-state index < -0.39 is 0 Å². The maximum Gasteiger partial charge on any atom is 0.257 e. The molecule has 0 aliphatic carbocycles. The van der Waals surface area contributed by atoms with Gasteiger partial charge in [-0.05, 0) is 42.5 Å². The molecule has 0 saturated carbocycles. The number of hydrogen-bond donors (Lipinski definition) is 2. The lowest BCUT2D eigenvalue weighted by Gasteiger charge is -2.13. The van der Waals surface area contributed by atoms with Gasteiger partial charge in [-0.1, -0.05) is 31.2 Å². The third kappa shape index (κ3) is 3.43. The van der Waals surface area contributed by atoms with Crippen molar-refractivity contribution in [1.82, 2.24) is 4.98 Å². The van der Waals surface area contributed by atoms with Gasteiger partial charge in [-0.2, -0.15) is 0 Å². The van der Waals surface area contributed by atoms with Crippen LogP contribution >= 0.6 is 22.7 Å². The van der Waals surface area contributed by atoms with Crippen LogP contribution in [0.25, 0.3) is 10.2 Å². The first kappa shape index (κ1) is 19.3. The Bertz CT molecular complexity index is 1210. The minimum Gasteiger partial charge on any atom is -0.397 e. The summed E-state index contributed by atoms with van der Waals surface area (Å²) in [4.78, 5) is 32.3. The van der Waals surface area contributed by atoms with Crippen molar-refractivity contribution in [2.24, 2.45) is 0 Å². The molecule has 0 unspecified atom stereocenters. The minimum atomic E-state index is -0.225. The third-order valence-electron chi connectivity index (χ3n) is 4.72. The average molecular weight is 422 g/mol. The van der Waals surface area contributed by atoms with Crippen molar-refractivity contribution in [3.8, 4) is 0 Å². The second-order valence-electron chi connectivity index (χ2n) is 6.56. The molecule has 5 nitrogen and oxygen atoms in total. The number of aryl methyl sites for hydroxylation is 2. The van der Waals surface area contributed by atoms with E-state index in [0.717, 1.165) is 5.56 Å². The number of para-hydroxylation sites is 1. The lowest BCUT2D eigenvalue weighted by molar-refractivity contribution is 0.102. The van der Waals surface area contributed by atoms with Crippen molar-refractivity contribution in [3.05, 3.63) is 74.4 Å². The van der Waals surface area contributed by atoms with Crippen molar-refractivity contribution < 1.29 is 9.59 Å². The molecule has 4 aromatic rings. The maximum absolute atomic E-state index is 13.0. The SMILES string of the molecule is CCc1c(C(=O)Nc2ccccc2)c(C)nc2sc(C(=O)c3cccs3)c(N)c12. The van der Waals surface area contributed by atoms with Gasteiger partial charge in [0, 0.05) is 11.1 Å². The summed E-state index contributed by atoms with van der Waals surface area (Å²) in [5.74, 6) is -0.327. The van der Waals surface area contributed by atoms with Crippen LogP contribution in [0.4, 0.5) is 11.4 Å². The first-order valence-corrected chi connectivity index (χ1v) is 10.9. The number of amides is 1. The summed E-state index contributed by atoms with van der Waals surface area (Å²) < 4.78 is 0. The molecule has 4 rings (SSSR count). The number of nitrogens with one attached hydrogen (secondary N) is 1. The number of thiophene rings is 2. The Hall–Kier alpha value is -3.03. The molecular formula is C22H19N3O2S2. The lowest BCUT2D eigenvalue weighted by atomic mass is 9.99. The number of fused-ring (bicyclic) bond motifs is 1. The molecule has 0 aliphatic heterocycles. The summed E-state index contributed by atoms with van der Waals surface area (Å²) in [6, 6.07) is 12.9. The molecule has 3 N–H and O–H groups in total. The number of nitrogens with zero attached hydrogens (tertiary/aromatic N) is 1. The summed E-state index contributed by atoms with van der Waals surface area (Å²) in [5, 5.41) is 5.50. The molecule has 0 aliphatic rings. The molecule has 7 heteroatoms. The third-order valence-corrected chi connectivity index (χ3v) is 6.69. The largest absolute Gasteiger partial charge is 0.397 e. The van der Waals surface area contributed by atoms with Gasteiger partial charge in [0.25, 0.3) is 5.91 Å². The van der Waals surface area contributed by atoms with Crippen LogP contribution in [0.5, 0.6) is 0 Å². The summed E-state index contributed by atoms with van der Waals surface area (Å²) in [7, 11) is 0. The average Bonchev–Trinajstić information content (AvgIpc) is 3.35. The quantitative estimate of drug-likeness (QED) is 0.429. The number of anilines is 2. The molecule has 0 bridgehead atoms. The van der Waals surface area contributed by atoms with E-state index in [4.69, 9.17) is 5.73 Å². The zero-order chi connectivity index (χ0) is 20.5. The van der Waals surface area contributed by atoms with E-state index in [9.17, 15) is 9.59 Å². The number of hydrogen-bond acceptors (Lipinski definition) is 6. The number of benzene rings is 1. The van der Waals surface area contributed by atoms with Gasteiger partial charge < -0.3 is 11.1 Å². The van der Waals surface area contributed by atoms with E-state index in [-0.39, 0.29) is 11.7 Å². The first-order valence-electron chi connectivity index (χ1n) is 9.17. The molecule has 0 spiro atoms. The van der Waals surface area contributed by atoms with Gasteiger partial charge in [0.15, 0.2) is 0 Å². The topological polar surface area (TPSA) is 85.1 Å². The standard InChI is InChI=1S/C22H19N3O2S2/c1-3-14-16(21(27)25-13-8-5-4-6-9-13)12(2)24-22-17(14)18(23)20(29-22)19(26)15-10-7-11-28-15/h4-11H,3,23H2,1-2H3,(H,25,27). The van der Waals surface area contributed by atoms with Crippen LogP contribution in [0.3, 0.4) is 0 Å². The smallest absolute Gasteiger partial charge is 0.257 e. The highest BCUT2D eigenvalue weighted by Crippen LogP contribution is 2.39. The first-order chi connectivity index (χ1) is 14.0. The van der Waals surface area contributed by atoms with Crippen LogP contribution in [-0.4, -0.2) is 16.7 Å². The van der Waals surface area contributed by atoms with E-state index in [2.05, 4.69) is 10.3 Å². The van der Waals surface area contributed by atoms with Crippen molar-refractivity contribution in [2.75, 3.05) is 11.1 Å². The fraction of sp³-hybridized carbons (Fsp3) is 0.136. The molecule has 1 aromatic carbocycles.